The smallest absolute Gasteiger partial charge is 0.124 e. The average molecular weight is 278 g/mol. The van der Waals surface area contributed by atoms with Crippen molar-refractivity contribution < 1.29 is 0 Å². The van der Waals surface area contributed by atoms with Crippen molar-refractivity contribution in [3.63, 3.8) is 0 Å². The predicted molar refractivity (Wildman–Crippen MR) is 79.6 cm³/mol. The van der Waals surface area contributed by atoms with Gasteiger partial charge in [0.15, 0.2) is 0 Å². The summed E-state index contributed by atoms with van der Waals surface area (Å²) in [6, 6.07) is 6.17. The highest BCUT2D eigenvalue weighted by Crippen LogP contribution is 2.25. The minimum atomic E-state index is 0.351. The SMILES string of the molecule is CC(c1nc2ccc(Cl)cc2[nH]1)N1CCCCCC1. The number of nitrogens with one attached hydrogen (secondary N) is 1. The molecule has 3 rings (SSSR count). The summed E-state index contributed by atoms with van der Waals surface area (Å²) >= 11 is 6.02. The van der Waals surface area contributed by atoms with E-state index in [0.717, 1.165) is 21.9 Å². The summed E-state index contributed by atoms with van der Waals surface area (Å²) in [6.07, 6.45) is 5.32. The number of benzene rings is 1. The first kappa shape index (κ1) is 12.9. The third kappa shape index (κ3) is 2.77. The molecule has 1 fully saturated rings. The van der Waals surface area contributed by atoms with Crippen molar-refractivity contribution in [3.05, 3.63) is 29.0 Å². The van der Waals surface area contributed by atoms with Crippen LogP contribution in [-0.2, 0) is 0 Å². The molecule has 102 valence electrons. The molecule has 0 aliphatic carbocycles. The lowest BCUT2D eigenvalue weighted by Crippen LogP contribution is -2.28. The van der Waals surface area contributed by atoms with Gasteiger partial charge in [0.2, 0.25) is 0 Å². The van der Waals surface area contributed by atoms with Gasteiger partial charge in [-0.1, -0.05) is 24.4 Å². The number of hydrogen-bond acceptors (Lipinski definition) is 2. The molecule has 0 saturated carbocycles. The number of hydrogen-bond donors (Lipinski definition) is 1. The van der Waals surface area contributed by atoms with Crippen molar-refractivity contribution in [2.24, 2.45) is 0 Å². The summed E-state index contributed by atoms with van der Waals surface area (Å²) in [4.78, 5) is 10.7. The molecule has 2 aromatic rings. The maximum Gasteiger partial charge on any atom is 0.124 e. The Morgan fingerprint density at radius 1 is 1.21 bits per heavy atom. The number of likely N-dealkylation sites (tertiary alicyclic amines) is 1. The lowest BCUT2D eigenvalue weighted by molar-refractivity contribution is 0.212. The van der Waals surface area contributed by atoms with Crippen molar-refractivity contribution in [2.75, 3.05) is 13.1 Å². The predicted octanol–water partition coefficient (Wildman–Crippen LogP) is 4.15. The number of halogens is 1. The van der Waals surface area contributed by atoms with Gasteiger partial charge in [-0.3, -0.25) is 4.90 Å². The van der Waals surface area contributed by atoms with E-state index in [-0.39, 0.29) is 0 Å². The molecule has 0 spiro atoms. The number of aromatic amines is 1. The van der Waals surface area contributed by atoms with Crippen LogP contribution in [0.15, 0.2) is 18.2 Å². The Bertz CT molecular complexity index is 556. The summed E-state index contributed by atoms with van der Waals surface area (Å²) in [6.45, 7) is 4.60. The van der Waals surface area contributed by atoms with Gasteiger partial charge >= 0.3 is 0 Å². The molecule has 1 aliphatic rings. The van der Waals surface area contributed by atoms with Crippen molar-refractivity contribution in [2.45, 2.75) is 38.6 Å². The number of fused-ring (bicyclic) bond motifs is 1. The fraction of sp³-hybridized carbons (Fsp3) is 0.533. The van der Waals surface area contributed by atoms with E-state index in [2.05, 4.69) is 16.8 Å². The number of H-pyrrole nitrogens is 1. The molecule has 1 aliphatic heterocycles. The summed E-state index contributed by atoms with van der Waals surface area (Å²) in [7, 11) is 0. The number of aromatic nitrogens is 2. The molecular weight excluding hydrogens is 258 g/mol. The summed E-state index contributed by atoms with van der Waals surface area (Å²) in [5.41, 5.74) is 2.03. The van der Waals surface area contributed by atoms with E-state index in [4.69, 9.17) is 16.6 Å². The Balaban J connectivity index is 1.85. The Kier molecular flexibility index (Phi) is 3.76. The van der Waals surface area contributed by atoms with E-state index in [1.54, 1.807) is 0 Å². The zero-order chi connectivity index (χ0) is 13.2. The van der Waals surface area contributed by atoms with Crippen molar-refractivity contribution in [1.82, 2.24) is 14.9 Å². The summed E-state index contributed by atoms with van der Waals surface area (Å²) < 4.78 is 0. The van der Waals surface area contributed by atoms with Crippen LogP contribution < -0.4 is 0 Å². The Morgan fingerprint density at radius 3 is 2.68 bits per heavy atom. The minimum absolute atomic E-state index is 0.351. The topological polar surface area (TPSA) is 31.9 Å². The average Bonchev–Trinajstić information content (AvgIpc) is 2.64. The normalized spacial score (nSPS) is 19.5. The van der Waals surface area contributed by atoms with Gasteiger partial charge in [0.25, 0.3) is 0 Å². The molecule has 1 aromatic heterocycles. The van der Waals surface area contributed by atoms with Crippen LogP contribution in [0.5, 0.6) is 0 Å². The second-order valence-corrected chi connectivity index (χ2v) is 5.85. The summed E-state index contributed by atoms with van der Waals surface area (Å²) in [5, 5.41) is 0.755. The molecule has 1 N–H and O–H groups in total. The highest BCUT2D eigenvalue weighted by molar-refractivity contribution is 6.31. The molecule has 1 unspecified atom stereocenters. The van der Waals surface area contributed by atoms with E-state index in [1.807, 2.05) is 18.2 Å². The first-order chi connectivity index (χ1) is 9.24. The Morgan fingerprint density at radius 2 is 1.95 bits per heavy atom. The molecule has 19 heavy (non-hydrogen) atoms. The molecule has 1 atom stereocenters. The second-order valence-electron chi connectivity index (χ2n) is 5.41. The molecule has 0 amide bonds. The Labute approximate surface area is 119 Å². The monoisotopic (exact) mass is 277 g/mol. The zero-order valence-corrected chi connectivity index (χ0v) is 12.1. The third-order valence-electron chi connectivity index (χ3n) is 4.05. The quantitative estimate of drug-likeness (QED) is 0.894. The van der Waals surface area contributed by atoms with Gasteiger partial charge in [-0.25, -0.2) is 4.98 Å². The van der Waals surface area contributed by atoms with E-state index in [1.165, 1.54) is 38.8 Å². The standard InChI is InChI=1S/C15H20ClN3/c1-11(19-8-4-2-3-5-9-19)15-17-13-7-6-12(16)10-14(13)18-15/h6-7,10-11H,2-5,8-9H2,1H3,(H,17,18). The number of nitrogens with zero attached hydrogens (tertiary/aromatic N) is 2. The van der Waals surface area contributed by atoms with Crippen LogP contribution in [0.2, 0.25) is 5.02 Å². The molecular formula is C15H20ClN3. The van der Waals surface area contributed by atoms with Gasteiger partial charge in [0.1, 0.15) is 5.82 Å². The molecule has 0 radical (unpaired) electrons. The maximum atomic E-state index is 6.02. The molecule has 3 nitrogen and oxygen atoms in total. The van der Waals surface area contributed by atoms with Crippen LogP contribution in [-0.4, -0.2) is 28.0 Å². The van der Waals surface area contributed by atoms with Gasteiger partial charge in [0.05, 0.1) is 17.1 Å². The van der Waals surface area contributed by atoms with Crippen LogP contribution in [0.4, 0.5) is 0 Å². The fourth-order valence-electron chi connectivity index (χ4n) is 2.85. The lowest BCUT2D eigenvalue weighted by Gasteiger charge is -2.25. The van der Waals surface area contributed by atoms with E-state index >= 15 is 0 Å². The van der Waals surface area contributed by atoms with Crippen molar-refractivity contribution >= 4 is 22.6 Å². The molecule has 2 heterocycles. The molecule has 1 aromatic carbocycles. The van der Waals surface area contributed by atoms with Gasteiger partial charge in [-0.15, -0.1) is 0 Å². The van der Waals surface area contributed by atoms with Crippen LogP contribution in [0.25, 0.3) is 11.0 Å². The zero-order valence-electron chi connectivity index (χ0n) is 11.3. The molecule has 0 bridgehead atoms. The van der Waals surface area contributed by atoms with Crippen molar-refractivity contribution in [3.8, 4) is 0 Å². The van der Waals surface area contributed by atoms with E-state index in [0.29, 0.717) is 6.04 Å². The fourth-order valence-corrected chi connectivity index (χ4v) is 3.03. The van der Waals surface area contributed by atoms with Crippen LogP contribution in [0.3, 0.4) is 0 Å². The first-order valence-corrected chi connectivity index (χ1v) is 7.51. The van der Waals surface area contributed by atoms with Gasteiger partial charge < -0.3 is 4.98 Å². The van der Waals surface area contributed by atoms with Gasteiger partial charge in [-0.2, -0.15) is 0 Å². The second kappa shape index (κ2) is 5.51. The summed E-state index contributed by atoms with van der Waals surface area (Å²) in [5.74, 6) is 1.05. The number of imidazole rings is 1. The highest BCUT2D eigenvalue weighted by atomic mass is 35.5. The van der Waals surface area contributed by atoms with Crippen LogP contribution in [0.1, 0.15) is 44.5 Å². The first-order valence-electron chi connectivity index (χ1n) is 7.13. The van der Waals surface area contributed by atoms with E-state index in [9.17, 15) is 0 Å². The largest absolute Gasteiger partial charge is 0.341 e. The molecule has 4 heteroatoms. The third-order valence-corrected chi connectivity index (χ3v) is 4.28. The van der Waals surface area contributed by atoms with Crippen LogP contribution >= 0.6 is 11.6 Å². The highest BCUT2D eigenvalue weighted by Gasteiger charge is 2.19. The lowest BCUT2D eigenvalue weighted by atomic mass is 10.2. The van der Waals surface area contributed by atoms with Gasteiger partial charge in [0, 0.05) is 5.02 Å². The minimum Gasteiger partial charge on any atom is -0.341 e. The van der Waals surface area contributed by atoms with Crippen molar-refractivity contribution in [1.29, 1.82) is 0 Å². The van der Waals surface area contributed by atoms with Crippen LogP contribution in [0, 0.1) is 0 Å². The van der Waals surface area contributed by atoms with E-state index < -0.39 is 0 Å². The maximum absolute atomic E-state index is 6.02. The molecule has 1 saturated heterocycles. The Hall–Kier alpha value is -1.06. The van der Waals surface area contributed by atoms with Gasteiger partial charge in [-0.05, 0) is 51.1 Å². The number of rotatable bonds is 2.